The number of hydrogen-bond acceptors (Lipinski definition) is 0. The van der Waals surface area contributed by atoms with Gasteiger partial charge in [-0.15, -0.1) is 0 Å². The molecule has 1 heteroatoms. The molecule has 0 aromatic heterocycles. The summed E-state index contributed by atoms with van der Waals surface area (Å²) in [7, 11) is 0. The molecule has 0 radical (unpaired) electrons. The minimum Gasteiger partial charge on any atom is -0.0991 e. The lowest BCUT2D eigenvalue weighted by Gasteiger charge is -1.92. The fraction of sp³-hybridized carbons (Fsp3) is 0. The van der Waals surface area contributed by atoms with Crippen LogP contribution in [-0.2, 0) is 0 Å². The highest BCUT2D eigenvalue weighted by Crippen LogP contribution is 2.07. The van der Waals surface area contributed by atoms with Crippen LogP contribution < -0.4 is 0 Å². The van der Waals surface area contributed by atoms with Crippen molar-refractivity contribution in [2.24, 2.45) is 0 Å². The molecule has 0 fully saturated rings. The molecule has 76 valence electrons. The van der Waals surface area contributed by atoms with Gasteiger partial charge in [-0.05, 0) is 11.1 Å². The highest BCUT2D eigenvalue weighted by atomic mass is 35.5. The average Bonchev–Trinajstić information content (AvgIpc) is 2.31. The fourth-order valence-corrected chi connectivity index (χ4v) is 1.21. The molecular weight excluding hydrogens is 204 g/mol. The van der Waals surface area contributed by atoms with Gasteiger partial charge in [0.15, 0.2) is 0 Å². The summed E-state index contributed by atoms with van der Waals surface area (Å²) in [5.74, 6) is 0. The van der Waals surface area contributed by atoms with Crippen molar-refractivity contribution in [1.29, 1.82) is 0 Å². The van der Waals surface area contributed by atoms with Crippen molar-refractivity contribution >= 4 is 17.7 Å². The van der Waals surface area contributed by atoms with Crippen LogP contribution in [0.3, 0.4) is 0 Å². The van der Waals surface area contributed by atoms with Crippen LogP contribution in [0.5, 0.6) is 0 Å². The predicted molar refractivity (Wildman–Crippen MR) is 68.7 cm³/mol. The monoisotopic (exact) mass is 216 g/mol. The number of allylic oxidation sites excluding steroid dienone is 5. The zero-order valence-corrected chi connectivity index (χ0v) is 9.19. The first kappa shape index (κ1) is 11.5. The maximum atomic E-state index is 5.67. The largest absolute Gasteiger partial charge is 0.0991 e. The Bertz CT molecular complexity index is 383. The van der Waals surface area contributed by atoms with E-state index in [0.29, 0.717) is 0 Å². The molecule has 0 saturated heterocycles. The second-order valence-electron chi connectivity index (χ2n) is 2.95. The summed E-state index contributed by atoms with van der Waals surface area (Å²) < 4.78 is 0. The molecule has 0 nitrogen and oxygen atoms in total. The van der Waals surface area contributed by atoms with Gasteiger partial charge in [0.2, 0.25) is 0 Å². The van der Waals surface area contributed by atoms with Gasteiger partial charge in [0, 0.05) is 5.54 Å². The SMILES string of the molecule is C=CC=CC(C=Cc1ccccc1)=CCl. The second-order valence-corrected chi connectivity index (χ2v) is 3.17. The quantitative estimate of drug-likeness (QED) is 0.647. The maximum absolute atomic E-state index is 5.67. The van der Waals surface area contributed by atoms with E-state index < -0.39 is 0 Å². The molecule has 0 amide bonds. The van der Waals surface area contributed by atoms with Crippen LogP contribution in [0.2, 0.25) is 0 Å². The lowest BCUT2D eigenvalue weighted by Crippen LogP contribution is -1.71. The number of halogens is 1. The lowest BCUT2D eigenvalue weighted by molar-refractivity contribution is 1.65. The lowest BCUT2D eigenvalue weighted by atomic mass is 10.1. The van der Waals surface area contributed by atoms with Crippen molar-refractivity contribution in [3.8, 4) is 0 Å². The van der Waals surface area contributed by atoms with Gasteiger partial charge in [-0.2, -0.15) is 0 Å². The van der Waals surface area contributed by atoms with E-state index >= 15 is 0 Å². The van der Waals surface area contributed by atoms with Gasteiger partial charge in [-0.1, -0.05) is 78.9 Å². The van der Waals surface area contributed by atoms with Crippen LogP contribution in [0.4, 0.5) is 0 Å². The summed E-state index contributed by atoms with van der Waals surface area (Å²) in [5, 5.41) is 0. The van der Waals surface area contributed by atoms with Crippen LogP contribution in [-0.4, -0.2) is 0 Å². The van der Waals surface area contributed by atoms with E-state index in [9.17, 15) is 0 Å². The van der Waals surface area contributed by atoms with Crippen molar-refractivity contribution in [1.82, 2.24) is 0 Å². The Morgan fingerprint density at radius 1 is 1.13 bits per heavy atom. The summed E-state index contributed by atoms with van der Waals surface area (Å²) in [6, 6.07) is 10.1. The Morgan fingerprint density at radius 3 is 2.47 bits per heavy atom. The topological polar surface area (TPSA) is 0 Å². The summed E-state index contributed by atoms with van der Waals surface area (Å²) >= 11 is 5.67. The highest BCUT2D eigenvalue weighted by Gasteiger charge is 1.85. The smallest absolute Gasteiger partial charge is 0.0115 e. The maximum Gasteiger partial charge on any atom is 0.0115 e. The molecule has 0 aliphatic carbocycles. The van der Waals surface area contributed by atoms with Gasteiger partial charge in [-0.25, -0.2) is 0 Å². The molecule has 15 heavy (non-hydrogen) atoms. The second kappa shape index (κ2) is 6.86. The Morgan fingerprint density at radius 2 is 1.87 bits per heavy atom. The third-order valence-electron chi connectivity index (χ3n) is 1.82. The molecule has 0 bridgehead atoms. The van der Waals surface area contributed by atoms with Crippen molar-refractivity contribution in [3.63, 3.8) is 0 Å². The number of benzene rings is 1. The van der Waals surface area contributed by atoms with Crippen molar-refractivity contribution in [2.45, 2.75) is 0 Å². The van der Waals surface area contributed by atoms with Gasteiger partial charge in [0.25, 0.3) is 0 Å². The van der Waals surface area contributed by atoms with Gasteiger partial charge in [-0.3, -0.25) is 0 Å². The van der Waals surface area contributed by atoms with Crippen LogP contribution in [0.25, 0.3) is 6.08 Å². The van der Waals surface area contributed by atoms with E-state index in [1.54, 1.807) is 11.6 Å². The molecule has 0 spiro atoms. The zero-order chi connectivity index (χ0) is 10.9. The van der Waals surface area contributed by atoms with Gasteiger partial charge < -0.3 is 0 Å². The molecule has 0 unspecified atom stereocenters. The molecule has 1 rings (SSSR count). The summed E-state index contributed by atoms with van der Waals surface area (Å²) in [5.41, 5.74) is 3.64. The standard InChI is InChI=1S/C14H13Cl/c1-2-3-7-14(12-15)11-10-13-8-5-4-6-9-13/h2-12H,1H2. The van der Waals surface area contributed by atoms with Gasteiger partial charge >= 0.3 is 0 Å². The Labute approximate surface area is 95.9 Å². The highest BCUT2D eigenvalue weighted by molar-refractivity contribution is 6.26. The minimum atomic E-state index is 0.945. The molecule has 0 atom stereocenters. The number of rotatable bonds is 4. The van der Waals surface area contributed by atoms with Crippen LogP contribution in [0.15, 0.2) is 72.3 Å². The van der Waals surface area contributed by atoms with E-state index in [0.717, 1.165) is 11.1 Å². The summed E-state index contributed by atoms with van der Waals surface area (Å²) in [6.07, 6.45) is 9.45. The summed E-state index contributed by atoms with van der Waals surface area (Å²) in [4.78, 5) is 0. The van der Waals surface area contributed by atoms with E-state index in [-0.39, 0.29) is 0 Å². The van der Waals surface area contributed by atoms with Crippen LogP contribution in [0, 0.1) is 0 Å². The molecule has 0 saturated carbocycles. The van der Waals surface area contributed by atoms with Gasteiger partial charge in [0.1, 0.15) is 0 Å². The first-order chi connectivity index (χ1) is 7.36. The molecule has 0 N–H and O–H groups in total. The molecule has 0 aliphatic heterocycles. The minimum absolute atomic E-state index is 0.945. The first-order valence-electron chi connectivity index (χ1n) is 4.69. The number of hydrogen-bond donors (Lipinski definition) is 0. The van der Waals surface area contributed by atoms with Crippen molar-refractivity contribution in [2.75, 3.05) is 0 Å². The van der Waals surface area contributed by atoms with E-state index in [1.165, 1.54) is 0 Å². The van der Waals surface area contributed by atoms with E-state index in [1.807, 2.05) is 54.6 Å². The molecule has 0 heterocycles. The molecule has 1 aromatic carbocycles. The Hall–Kier alpha value is -1.53. The predicted octanol–water partition coefficient (Wildman–Crippen LogP) is 4.56. The molecule has 0 aliphatic rings. The fourth-order valence-electron chi connectivity index (χ4n) is 1.06. The van der Waals surface area contributed by atoms with Crippen molar-refractivity contribution < 1.29 is 0 Å². The van der Waals surface area contributed by atoms with Crippen molar-refractivity contribution in [3.05, 3.63) is 77.9 Å². The zero-order valence-electron chi connectivity index (χ0n) is 8.44. The molecular formula is C14H13Cl. The molecule has 1 aromatic rings. The van der Waals surface area contributed by atoms with Crippen LogP contribution >= 0.6 is 11.6 Å². The third kappa shape index (κ3) is 4.48. The Balaban J connectivity index is 2.72. The van der Waals surface area contributed by atoms with Gasteiger partial charge in [0.05, 0.1) is 0 Å². The average molecular weight is 217 g/mol. The van der Waals surface area contributed by atoms with E-state index in [2.05, 4.69) is 6.58 Å². The van der Waals surface area contributed by atoms with Crippen LogP contribution in [0.1, 0.15) is 5.56 Å². The first-order valence-corrected chi connectivity index (χ1v) is 5.13. The van der Waals surface area contributed by atoms with E-state index in [4.69, 9.17) is 11.6 Å². The third-order valence-corrected chi connectivity index (χ3v) is 2.07. The summed E-state index contributed by atoms with van der Waals surface area (Å²) in [6.45, 7) is 3.60. The Kier molecular flexibility index (Phi) is 5.28. The normalized spacial score (nSPS) is 12.5.